The number of benzene rings is 1. The second kappa shape index (κ2) is 9.57. The molecule has 2 aromatic rings. The van der Waals surface area contributed by atoms with Crippen molar-refractivity contribution in [3.63, 3.8) is 0 Å². The van der Waals surface area contributed by atoms with E-state index in [1.54, 1.807) is 12.1 Å². The number of nitrogens with one attached hydrogen (secondary N) is 1. The largest absolute Gasteiger partial charge is 0.491 e. The highest BCUT2D eigenvalue weighted by Gasteiger charge is 2.44. The van der Waals surface area contributed by atoms with E-state index in [4.69, 9.17) is 21.1 Å². The molecule has 1 atom stereocenters. The number of carbonyl (C=O) groups is 3. The van der Waals surface area contributed by atoms with Gasteiger partial charge in [-0.15, -0.1) is 0 Å². The van der Waals surface area contributed by atoms with E-state index in [0.29, 0.717) is 23.8 Å². The summed E-state index contributed by atoms with van der Waals surface area (Å²) in [6, 6.07) is 5.72. The normalized spacial score (nSPS) is 13.8. The molecule has 0 spiro atoms. The van der Waals surface area contributed by atoms with E-state index in [1.165, 1.54) is 37.9 Å². The van der Waals surface area contributed by atoms with Crippen LogP contribution >= 0.6 is 23.4 Å². The third kappa shape index (κ3) is 4.33. The molecule has 1 unspecified atom stereocenters. The van der Waals surface area contributed by atoms with Gasteiger partial charge in [-0.05, 0) is 37.4 Å². The Bertz CT molecular complexity index is 1050. The average molecular weight is 464 g/mol. The molecule has 1 aliphatic heterocycles. The van der Waals surface area contributed by atoms with Crippen molar-refractivity contribution >= 4 is 46.8 Å². The van der Waals surface area contributed by atoms with Gasteiger partial charge in [-0.2, -0.15) is 11.8 Å². The lowest BCUT2D eigenvalue weighted by molar-refractivity contribution is -0.114. The first-order valence-electron chi connectivity index (χ1n) is 9.48. The van der Waals surface area contributed by atoms with Crippen LogP contribution in [-0.4, -0.2) is 53.3 Å². The van der Waals surface area contributed by atoms with Crippen molar-refractivity contribution in [1.29, 1.82) is 0 Å². The van der Waals surface area contributed by atoms with Crippen LogP contribution in [-0.2, 0) is 4.79 Å². The number of thioether (sulfide) groups is 1. The second-order valence-corrected chi connectivity index (χ2v) is 7.97. The summed E-state index contributed by atoms with van der Waals surface area (Å²) in [5.74, 6) is -0.299. The van der Waals surface area contributed by atoms with Crippen LogP contribution in [0.25, 0.3) is 0 Å². The van der Waals surface area contributed by atoms with Crippen molar-refractivity contribution in [1.82, 2.24) is 9.88 Å². The molecule has 0 aliphatic carbocycles. The van der Waals surface area contributed by atoms with Gasteiger partial charge in [-0.3, -0.25) is 19.3 Å². The number of fused-ring (bicyclic) bond motifs is 1. The monoisotopic (exact) mass is 463 g/mol. The van der Waals surface area contributed by atoms with Crippen LogP contribution in [0.3, 0.4) is 0 Å². The highest BCUT2D eigenvalue weighted by molar-refractivity contribution is 7.98. The van der Waals surface area contributed by atoms with Crippen molar-refractivity contribution in [2.75, 3.05) is 31.0 Å². The molecule has 0 fully saturated rings. The van der Waals surface area contributed by atoms with E-state index in [1.807, 2.05) is 13.2 Å². The predicted molar refractivity (Wildman–Crippen MR) is 119 cm³/mol. The van der Waals surface area contributed by atoms with E-state index in [-0.39, 0.29) is 33.6 Å². The number of halogens is 1. The SMILES string of the molecule is CCOc1nc(C(CSC)N2C(=O)c3c(Cl)ccc(NC(C)=O)c3C2=O)ccc1OC. The van der Waals surface area contributed by atoms with Gasteiger partial charge in [0.1, 0.15) is 0 Å². The first-order chi connectivity index (χ1) is 14.8. The summed E-state index contributed by atoms with van der Waals surface area (Å²) >= 11 is 7.73. The minimum Gasteiger partial charge on any atom is -0.491 e. The highest BCUT2D eigenvalue weighted by Crippen LogP contribution is 2.40. The van der Waals surface area contributed by atoms with Gasteiger partial charge in [0.2, 0.25) is 5.91 Å². The lowest BCUT2D eigenvalue weighted by Gasteiger charge is -2.26. The maximum absolute atomic E-state index is 13.4. The van der Waals surface area contributed by atoms with Crippen LogP contribution in [0, 0.1) is 0 Å². The maximum atomic E-state index is 13.4. The van der Waals surface area contributed by atoms with Crippen molar-refractivity contribution in [2.45, 2.75) is 19.9 Å². The Morgan fingerprint density at radius 1 is 1.23 bits per heavy atom. The number of aromatic nitrogens is 1. The number of imide groups is 1. The van der Waals surface area contributed by atoms with Crippen LogP contribution in [0.15, 0.2) is 24.3 Å². The zero-order valence-corrected chi connectivity index (χ0v) is 19.1. The van der Waals surface area contributed by atoms with Crippen molar-refractivity contribution in [3.05, 3.63) is 46.1 Å². The molecule has 10 heteroatoms. The summed E-state index contributed by atoms with van der Waals surface area (Å²) in [5.41, 5.74) is 0.874. The van der Waals surface area contributed by atoms with Gasteiger partial charge in [0.25, 0.3) is 17.7 Å². The van der Waals surface area contributed by atoms with Crippen molar-refractivity contribution in [3.8, 4) is 11.6 Å². The zero-order chi connectivity index (χ0) is 22.7. The Kier molecular flexibility index (Phi) is 7.07. The van der Waals surface area contributed by atoms with E-state index >= 15 is 0 Å². The number of carbonyl (C=O) groups excluding carboxylic acids is 3. The number of ether oxygens (including phenoxy) is 2. The van der Waals surface area contributed by atoms with E-state index in [2.05, 4.69) is 10.3 Å². The molecule has 0 radical (unpaired) electrons. The van der Waals surface area contributed by atoms with Crippen molar-refractivity contribution in [2.24, 2.45) is 0 Å². The number of rotatable bonds is 8. The van der Waals surface area contributed by atoms with Crippen LogP contribution in [0.1, 0.15) is 46.3 Å². The minimum absolute atomic E-state index is 0.0718. The number of anilines is 1. The fourth-order valence-electron chi connectivity index (χ4n) is 3.39. The summed E-state index contributed by atoms with van der Waals surface area (Å²) in [7, 11) is 1.51. The van der Waals surface area contributed by atoms with Gasteiger partial charge in [0.15, 0.2) is 5.75 Å². The summed E-state index contributed by atoms with van der Waals surface area (Å²) in [6.07, 6.45) is 1.87. The molecule has 2 heterocycles. The molecular formula is C21H22ClN3O5S. The first kappa shape index (κ1) is 22.9. The van der Waals surface area contributed by atoms with E-state index < -0.39 is 17.9 Å². The summed E-state index contributed by atoms with van der Waals surface area (Å²) in [6.45, 7) is 3.53. The number of amides is 3. The molecular weight excluding hydrogens is 442 g/mol. The molecule has 3 rings (SSSR count). The van der Waals surface area contributed by atoms with Crippen LogP contribution in [0.4, 0.5) is 5.69 Å². The zero-order valence-electron chi connectivity index (χ0n) is 17.5. The third-order valence-electron chi connectivity index (χ3n) is 4.66. The lowest BCUT2D eigenvalue weighted by atomic mass is 10.1. The number of nitrogens with zero attached hydrogens (tertiary/aromatic N) is 2. The molecule has 1 aliphatic rings. The minimum atomic E-state index is -0.672. The Labute approximate surface area is 189 Å². The summed E-state index contributed by atoms with van der Waals surface area (Å²) in [5, 5.41) is 2.74. The quantitative estimate of drug-likeness (QED) is 0.594. The number of pyridine rings is 1. The van der Waals surface area contributed by atoms with Gasteiger partial charge >= 0.3 is 0 Å². The van der Waals surface area contributed by atoms with Crippen LogP contribution in [0.5, 0.6) is 11.6 Å². The van der Waals surface area contributed by atoms with Gasteiger partial charge in [-0.25, -0.2) is 4.98 Å². The number of hydrogen-bond acceptors (Lipinski definition) is 7. The molecule has 1 aromatic carbocycles. The smallest absolute Gasteiger partial charge is 0.264 e. The molecule has 31 heavy (non-hydrogen) atoms. The topological polar surface area (TPSA) is 97.8 Å². The predicted octanol–water partition coefficient (Wildman–Crippen LogP) is 3.80. The van der Waals surface area contributed by atoms with E-state index in [0.717, 1.165) is 4.90 Å². The van der Waals surface area contributed by atoms with Crippen molar-refractivity contribution < 1.29 is 23.9 Å². The molecule has 1 aromatic heterocycles. The van der Waals surface area contributed by atoms with Gasteiger partial charge in [0.05, 0.1) is 47.3 Å². The summed E-state index contributed by atoms with van der Waals surface area (Å²) < 4.78 is 10.8. The standard InChI is InChI=1S/C21H22ClN3O5S/c1-5-30-19-16(29-3)9-8-13(24-19)15(10-31-4)25-20(27)17-12(22)6-7-14(23-11(2)26)18(17)21(25)28/h6-9,15H,5,10H2,1-4H3,(H,23,26). The Morgan fingerprint density at radius 3 is 2.55 bits per heavy atom. The molecule has 1 N–H and O–H groups in total. The molecule has 164 valence electrons. The molecule has 0 saturated carbocycles. The average Bonchev–Trinajstić information content (AvgIpc) is 3.00. The Morgan fingerprint density at radius 2 is 1.94 bits per heavy atom. The van der Waals surface area contributed by atoms with Crippen LogP contribution < -0.4 is 14.8 Å². The third-order valence-corrected chi connectivity index (χ3v) is 5.62. The maximum Gasteiger partial charge on any atom is 0.264 e. The summed E-state index contributed by atoms with van der Waals surface area (Å²) in [4.78, 5) is 43.9. The number of hydrogen-bond donors (Lipinski definition) is 1. The lowest BCUT2D eigenvalue weighted by Crippen LogP contribution is -2.36. The Hall–Kier alpha value is -2.78. The highest BCUT2D eigenvalue weighted by atomic mass is 35.5. The fraction of sp³-hybridized carbons (Fsp3) is 0.333. The molecule has 8 nitrogen and oxygen atoms in total. The fourth-order valence-corrected chi connectivity index (χ4v) is 4.27. The van der Waals surface area contributed by atoms with E-state index in [9.17, 15) is 14.4 Å². The van der Waals surface area contributed by atoms with Gasteiger partial charge in [0, 0.05) is 12.7 Å². The molecule has 3 amide bonds. The molecule has 0 bridgehead atoms. The number of methoxy groups -OCH3 is 1. The first-order valence-corrected chi connectivity index (χ1v) is 11.3. The Balaban J connectivity index is 2.10. The second-order valence-electron chi connectivity index (χ2n) is 6.65. The van der Waals surface area contributed by atoms with Gasteiger partial charge in [-0.1, -0.05) is 11.6 Å². The van der Waals surface area contributed by atoms with Gasteiger partial charge < -0.3 is 14.8 Å². The molecule has 0 saturated heterocycles. The van der Waals surface area contributed by atoms with Crippen LogP contribution in [0.2, 0.25) is 5.02 Å².